The van der Waals surface area contributed by atoms with Crippen LogP contribution in [0.25, 0.3) is 0 Å². The quantitative estimate of drug-likeness (QED) is 0.807. The van der Waals surface area contributed by atoms with Crippen molar-refractivity contribution in [1.29, 1.82) is 0 Å². The van der Waals surface area contributed by atoms with Gasteiger partial charge in [0.2, 0.25) is 0 Å². The van der Waals surface area contributed by atoms with Gasteiger partial charge in [0.25, 0.3) is 5.91 Å². The van der Waals surface area contributed by atoms with Gasteiger partial charge in [0.15, 0.2) is 0 Å². The molecule has 1 aromatic rings. The molecule has 1 heterocycles. The average Bonchev–Trinajstić information content (AvgIpc) is 2.84. The molecule has 0 aromatic heterocycles. The van der Waals surface area contributed by atoms with Gasteiger partial charge in [0.1, 0.15) is 5.54 Å². The molecular weight excluding hydrogens is 340 g/mol. The molecule has 1 saturated heterocycles. The van der Waals surface area contributed by atoms with Gasteiger partial charge in [0.05, 0.1) is 6.67 Å². The zero-order valence-electron chi connectivity index (χ0n) is 16.8. The van der Waals surface area contributed by atoms with Crippen LogP contribution < -0.4 is 10.2 Å². The predicted molar refractivity (Wildman–Crippen MR) is 108 cm³/mol. The van der Waals surface area contributed by atoms with Crippen LogP contribution in [0.3, 0.4) is 0 Å². The lowest BCUT2D eigenvalue weighted by molar-refractivity contribution is -0.133. The fourth-order valence-electron chi connectivity index (χ4n) is 4.15. The Hall–Kier alpha value is -2.08. The number of amides is 3. The van der Waals surface area contributed by atoms with E-state index in [1.165, 1.54) is 11.3 Å². The van der Waals surface area contributed by atoms with Crippen LogP contribution in [0.1, 0.15) is 50.5 Å². The minimum atomic E-state index is -0.661. The number of carbonyl (C=O) groups excluding carboxylic acids is 2. The van der Waals surface area contributed by atoms with Gasteiger partial charge >= 0.3 is 6.03 Å². The summed E-state index contributed by atoms with van der Waals surface area (Å²) < 4.78 is 0. The first kappa shape index (κ1) is 19.7. The van der Waals surface area contributed by atoms with E-state index in [-0.39, 0.29) is 11.9 Å². The molecule has 27 heavy (non-hydrogen) atoms. The summed E-state index contributed by atoms with van der Waals surface area (Å²) in [5, 5.41) is 3.03. The van der Waals surface area contributed by atoms with Crippen molar-refractivity contribution in [2.75, 3.05) is 32.7 Å². The molecule has 1 aromatic carbocycles. The molecule has 6 nitrogen and oxygen atoms in total. The molecule has 0 atom stereocenters. The molecule has 0 bridgehead atoms. The molecule has 0 radical (unpaired) electrons. The first-order valence-electron chi connectivity index (χ1n) is 10.0. The lowest BCUT2D eigenvalue weighted by Crippen LogP contribution is -2.48. The smallest absolute Gasteiger partial charge is 0.326 e. The molecule has 6 heteroatoms. The summed E-state index contributed by atoms with van der Waals surface area (Å²) >= 11 is 0. The van der Waals surface area contributed by atoms with Crippen LogP contribution in [0.15, 0.2) is 24.3 Å². The SMILES string of the molecule is CN(Cc1ccc(N(C)C)cc1)CN1C(=O)NC2(CCCCCCC2)C1=O. The third-order valence-corrected chi connectivity index (χ3v) is 5.74. The third kappa shape index (κ3) is 4.43. The topological polar surface area (TPSA) is 55.9 Å². The van der Waals surface area contributed by atoms with E-state index in [4.69, 9.17) is 0 Å². The molecule has 1 spiro atoms. The molecule has 0 unspecified atom stereocenters. The lowest BCUT2D eigenvalue weighted by atomic mass is 9.84. The van der Waals surface area contributed by atoms with Gasteiger partial charge in [-0.1, -0.05) is 44.2 Å². The van der Waals surface area contributed by atoms with E-state index in [2.05, 4.69) is 34.5 Å². The second kappa shape index (κ2) is 8.30. The summed E-state index contributed by atoms with van der Waals surface area (Å²) in [7, 11) is 5.98. The molecule has 2 aliphatic rings. The lowest BCUT2D eigenvalue weighted by Gasteiger charge is -2.29. The Balaban J connectivity index is 1.62. The van der Waals surface area contributed by atoms with Crippen molar-refractivity contribution < 1.29 is 9.59 Å². The highest BCUT2D eigenvalue weighted by molar-refractivity contribution is 6.07. The van der Waals surface area contributed by atoms with Gasteiger partial charge in [-0.2, -0.15) is 0 Å². The number of imide groups is 1. The summed E-state index contributed by atoms with van der Waals surface area (Å²) in [4.78, 5) is 31.1. The Bertz CT molecular complexity index is 663. The van der Waals surface area contributed by atoms with Gasteiger partial charge < -0.3 is 10.2 Å². The zero-order chi connectivity index (χ0) is 19.4. The van der Waals surface area contributed by atoms with Crippen molar-refractivity contribution in [3.63, 3.8) is 0 Å². The van der Waals surface area contributed by atoms with Gasteiger partial charge in [-0.25, -0.2) is 9.69 Å². The molecule has 1 aliphatic carbocycles. The van der Waals surface area contributed by atoms with E-state index in [0.29, 0.717) is 13.2 Å². The van der Waals surface area contributed by atoms with E-state index >= 15 is 0 Å². The fraction of sp³-hybridized carbons (Fsp3) is 0.619. The highest BCUT2D eigenvalue weighted by Crippen LogP contribution is 2.32. The fourth-order valence-corrected chi connectivity index (χ4v) is 4.15. The number of hydrogen-bond donors (Lipinski definition) is 1. The molecule has 1 aliphatic heterocycles. The van der Waals surface area contributed by atoms with Gasteiger partial charge in [-0.15, -0.1) is 0 Å². The number of benzene rings is 1. The highest BCUT2D eigenvalue weighted by Gasteiger charge is 2.50. The van der Waals surface area contributed by atoms with Gasteiger partial charge in [-0.3, -0.25) is 9.69 Å². The van der Waals surface area contributed by atoms with Crippen LogP contribution in [0.5, 0.6) is 0 Å². The maximum absolute atomic E-state index is 13.1. The highest BCUT2D eigenvalue weighted by atomic mass is 16.2. The third-order valence-electron chi connectivity index (χ3n) is 5.74. The first-order valence-corrected chi connectivity index (χ1v) is 10.0. The summed E-state index contributed by atoms with van der Waals surface area (Å²) in [6.07, 6.45) is 7.08. The maximum Gasteiger partial charge on any atom is 0.326 e. The van der Waals surface area contributed by atoms with Crippen LogP contribution in [-0.4, -0.2) is 55.1 Å². The molecular formula is C21H32N4O2. The van der Waals surface area contributed by atoms with Crippen molar-refractivity contribution in [3.05, 3.63) is 29.8 Å². The van der Waals surface area contributed by atoms with E-state index in [9.17, 15) is 9.59 Å². The van der Waals surface area contributed by atoms with Crippen molar-refractivity contribution in [3.8, 4) is 0 Å². The zero-order valence-corrected chi connectivity index (χ0v) is 16.8. The minimum absolute atomic E-state index is 0.0378. The first-order chi connectivity index (χ1) is 12.9. The van der Waals surface area contributed by atoms with Crippen molar-refractivity contribution in [2.45, 2.75) is 57.0 Å². The van der Waals surface area contributed by atoms with E-state index in [1.807, 2.05) is 26.0 Å². The van der Waals surface area contributed by atoms with Gasteiger partial charge in [-0.05, 0) is 37.6 Å². The number of nitrogens with one attached hydrogen (secondary N) is 1. The Morgan fingerprint density at radius 1 is 0.963 bits per heavy atom. The summed E-state index contributed by atoms with van der Waals surface area (Å²) in [5.74, 6) is -0.0378. The minimum Gasteiger partial charge on any atom is -0.378 e. The van der Waals surface area contributed by atoms with Crippen LogP contribution in [0.2, 0.25) is 0 Å². The Labute approximate surface area is 162 Å². The number of anilines is 1. The van der Waals surface area contributed by atoms with Crippen molar-refractivity contribution >= 4 is 17.6 Å². The van der Waals surface area contributed by atoms with E-state index in [1.54, 1.807) is 0 Å². The monoisotopic (exact) mass is 372 g/mol. The van der Waals surface area contributed by atoms with E-state index in [0.717, 1.165) is 49.8 Å². The number of nitrogens with zero attached hydrogens (tertiary/aromatic N) is 3. The second-order valence-corrected chi connectivity index (χ2v) is 8.23. The summed E-state index contributed by atoms with van der Waals surface area (Å²) in [6.45, 7) is 1.01. The molecule has 2 fully saturated rings. The van der Waals surface area contributed by atoms with E-state index < -0.39 is 5.54 Å². The number of carbonyl (C=O) groups is 2. The van der Waals surface area contributed by atoms with Crippen LogP contribution in [-0.2, 0) is 11.3 Å². The number of hydrogen-bond acceptors (Lipinski definition) is 4. The molecule has 1 saturated carbocycles. The maximum atomic E-state index is 13.1. The second-order valence-electron chi connectivity index (χ2n) is 8.23. The van der Waals surface area contributed by atoms with Crippen LogP contribution in [0.4, 0.5) is 10.5 Å². The molecule has 148 valence electrons. The number of urea groups is 1. The Morgan fingerprint density at radius 3 is 2.15 bits per heavy atom. The largest absolute Gasteiger partial charge is 0.378 e. The molecule has 3 amide bonds. The van der Waals surface area contributed by atoms with Crippen molar-refractivity contribution in [1.82, 2.24) is 15.1 Å². The van der Waals surface area contributed by atoms with Crippen LogP contribution in [0, 0.1) is 0 Å². The predicted octanol–water partition coefficient (Wildman–Crippen LogP) is 3.18. The average molecular weight is 373 g/mol. The standard InChI is InChI=1S/C21H32N4O2/c1-23(2)18-11-9-17(10-12-18)15-24(3)16-25-19(26)21(22-20(25)27)13-7-5-4-6-8-14-21/h9-12H,4-8,13-16H2,1-3H3,(H,22,27). The Morgan fingerprint density at radius 2 is 1.56 bits per heavy atom. The normalized spacial score (nSPS) is 19.9. The Kier molecular flexibility index (Phi) is 6.05. The molecule has 3 rings (SSSR count). The van der Waals surface area contributed by atoms with Gasteiger partial charge in [0, 0.05) is 26.3 Å². The molecule has 1 N–H and O–H groups in total. The van der Waals surface area contributed by atoms with Crippen molar-refractivity contribution in [2.24, 2.45) is 0 Å². The number of rotatable bonds is 5. The summed E-state index contributed by atoms with van der Waals surface area (Å²) in [5.41, 5.74) is 1.66. The van der Waals surface area contributed by atoms with Crippen LogP contribution >= 0.6 is 0 Å². The summed E-state index contributed by atoms with van der Waals surface area (Å²) in [6, 6.07) is 8.11.